The predicted molar refractivity (Wildman–Crippen MR) is 106 cm³/mol. The molecule has 1 saturated heterocycles. The lowest BCUT2D eigenvalue weighted by Crippen LogP contribution is -2.51. The summed E-state index contributed by atoms with van der Waals surface area (Å²) in [5.41, 5.74) is 3.91. The first kappa shape index (κ1) is 17.6. The monoisotopic (exact) mass is 350 g/mol. The van der Waals surface area contributed by atoms with Gasteiger partial charge in [0.1, 0.15) is 5.75 Å². The first-order chi connectivity index (χ1) is 12.7. The molecular weight excluding hydrogens is 320 g/mol. The highest BCUT2D eigenvalue weighted by molar-refractivity contribution is 5.37. The number of fused-ring (bicyclic) bond motifs is 2. The van der Waals surface area contributed by atoms with Crippen LogP contribution < -0.4 is 15.4 Å². The second kappa shape index (κ2) is 7.42. The van der Waals surface area contributed by atoms with E-state index in [0.29, 0.717) is 18.1 Å². The second-order valence-electron chi connectivity index (χ2n) is 8.09. The third-order valence-corrected chi connectivity index (χ3v) is 6.30. The van der Waals surface area contributed by atoms with Crippen molar-refractivity contribution in [1.29, 1.82) is 0 Å². The molecule has 1 heterocycles. The molecule has 2 aromatic carbocycles. The summed E-state index contributed by atoms with van der Waals surface area (Å²) in [4.78, 5) is 0. The molecule has 1 aliphatic carbocycles. The Labute approximate surface area is 157 Å². The minimum Gasteiger partial charge on any atom is -0.496 e. The van der Waals surface area contributed by atoms with E-state index < -0.39 is 0 Å². The number of ether oxygens (including phenoxy) is 1. The van der Waals surface area contributed by atoms with Crippen molar-refractivity contribution in [3.63, 3.8) is 0 Å². The summed E-state index contributed by atoms with van der Waals surface area (Å²) in [6.45, 7) is 5.38. The molecule has 2 aliphatic rings. The van der Waals surface area contributed by atoms with Crippen molar-refractivity contribution < 1.29 is 4.74 Å². The average molecular weight is 351 g/mol. The van der Waals surface area contributed by atoms with Crippen LogP contribution in [0.25, 0.3) is 0 Å². The molecule has 5 unspecified atom stereocenters. The van der Waals surface area contributed by atoms with Crippen molar-refractivity contribution >= 4 is 0 Å². The largest absolute Gasteiger partial charge is 0.496 e. The zero-order chi connectivity index (χ0) is 18.1. The smallest absolute Gasteiger partial charge is 0.123 e. The van der Waals surface area contributed by atoms with Crippen molar-refractivity contribution in [2.75, 3.05) is 7.11 Å². The van der Waals surface area contributed by atoms with Crippen LogP contribution in [0.3, 0.4) is 0 Å². The van der Waals surface area contributed by atoms with Crippen LogP contribution in [-0.2, 0) is 6.54 Å². The topological polar surface area (TPSA) is 33.3 Å². The predicted octanol–water partition coefficient (Wildman–Crippen LogP) is 4.22. The third kappa shape index (κ3) is 3.38. The zero-order valence-corrected chi connectivity index (χ0v) is 16.0. The molecule has 2 bridgehead atoms. The minimum absolute atomic E-state index is 0.376. The Balaban J connectivity index is 1.57. The Kier molecular flexibility index (Phi) is 5.01. The third-order valence-electron chi connectivity index (χ3n) is 6.30. The molecule has 5 atom stereocenters. The number of hydrogen-bond donors (Lipinski definition) is 2. The van der Waals surface area contributed by atoms with Gasteiger partial charge in [-0.05, 0) is 43.2 Å². The summed E-state index contributed by atoms with van der Waals surface area (Å²) in [5.74, 6) is 2.46. The number of piperidine rings is 1. The van der Waals surface area contributed by atoms with E-state index in [1.165, 1.54) is 29.5 Å². The van der Waals surface area contributed by atoms with E-state index in [1.54, 1.807) is 7.11 Å². The maximum atomic E-state index is 5.57. The molecular formula is C23H30N2O. The zero-order valence-electron chi connectivity index (χ0n) is 16.0. The molecule has 138 valence electrons. The molecule has 1 aliphatic heterocycles. The normalized spacial score (nSPS) is 30.3. The van der Waals surface area contributed by atoms with Gasteiger partial charge in [-0.1, -0.05) is 55.0 Å². The fourth-order valence-electron chi connectivity index (χ4n) is 4.95. The van der Waals surface area contributed by atoms with Gasteiger partial charge in [-0.2, -0.15) is 0 Å². The highest BCUT2D eigenvalue weighted by Gasteiger charge is 2.45. The Morgan fingerprint density at radius 2 is 1.92 bits per heavy atom. The minimum atomic E-state index is 0.376. The van der Waals surface area contributed by atoms with Gasteiger partial charge in [0.25, 0.3) is 0 Å². The first-order valence-electron chi connectivity index (χ1n) is 9.83. The van der Waals surface area contributed by atoms with Crippen LogP contribution in [0.4, 0.5) is 0 Å². The molecule has 0 aromatic heterocycles. The molecule has 3 nitrogen and oxygen atoms in total. The lowest BCUT2D eigenvalue weighted by atomic mass is 9.84. The average Bonchev–Trinajstić information content (AvgIpc) is 2.96. The van der Waals surface area contributed by atoms with Gasteiger partial charge in [-0.3, -0.25) is 0 Å². The van der Waals surface area contributed by atoms with E-state index in [2.05, 4.69) is 73.0 Å². The van der Waals surface area contributed by atoms with Gasteiger partial charge < -0.3 is 15.4 Å². The van der Waals surface area contributed by atoms with E-state index in [-0.39, 0.29) is 0 Å². The van der Waals surface area contributed by atoms with Crippen LogP contribution in [0.15, 0.2) is 48.5 Å². The van der Waals surface area contributed by atoms with E-state index >= 15 is 0 Å². The van der Waals surface area contributed by atoms with E-state index in [4.69, 9.17) is 4.74 Å². The molecule has 0 spiro atoms. The van der Waals surface area contributed by atoms with Gasteiger partial charge in [0.2, 0.25) is 0 Å². The van der Waals surface area contributed by atoms with Crippen molar-refractivity contribution in [2.24, 2.45) is 11.8 Å². The van der Waals surface area contributed by atoms with Crippen molar-refractivity contribution in [3.05, 3.63) is 65.2 Å². The summed E-state index contributed by atoms with van der Waals surface area (Å²) < 4.78 is 5.57. The van der Waals surface area contributed by atoms with Crippen molar-refractivity contribution in [2.45, 2.75) is 51.4 Å². The number of hydrogen-bond acceptors (Lipinski definition) is 3. The number of methoxy groups -OCH3 is 1. The summed E-state index contributed by atoms with van der Waals surface area (Å²) in [5, 5.41) is 7.84. The maximum absolute atomic E-state index is 5.57. The fraction of sp³-hybridized carbons (Fsp3) is 0.478. The Bertz CT molecular complexity index is 743. The highest BCUT2D eigenvalue weighted by atomic mass is 16.5. The van der Waals surface area contributed by atoms with Gasteiger partial charge in [0.05, 0.1) is 7.11 Å². The van der Waals surface area contributed by atoms with Crippen LogP contribution in [0.1, 0.15) is 42.5 Å². The van der Waals surface area contributed by atoms with Gasteiger partial charge >= 0.3 is 0 Å². The Morgan fingerprint density at radius 1 is 1.12 bits per heavy atom. The molecule has 26 heavy (non-hydrogen) atoms. The second-order valence-corrected chi connectivity index (χ2v) is 8.09. The van der Waals surface area contributed by atoms with Crippen LogP contribution >= 0.6 is 0 Å². The van der Waals surface area contributed by atoms with Crippen LogP contribution in [0, 0.1) is 18.8 Å². The van der Waals surface area contributed by atoms with Gasteiger partial charge in [0.15, 0.2) is 0 Å². The van der Waals surface area contributed by atoms with Gasteiger partial charge in [-0.15, -0.1) is 0 Å². The lowest BCUT2D eigenvalue weighted by Gasteiger charge is -2.39. The highest BCUT2D eigenvalue weighted by Crippen LogP contribution is 2.43. The van der Waals surface area contributed by atoms with Crippen molar-refractivity contribution in [1.82, 2.24) is 10.6 Å². The number of aryl methyl sites for hydroxylation is 1. The Morgan fingerprint density at radius 3 is 2.69 bits per heavy atom. The number of benzene rings is 2. The summed E-state index contributed by atoms with van der Waals surface area (Å²) in [6, 6.07) is 18.8. The first-order valence-corrected chi connectivity index (χ1v) is 9.83. The Hall–Kier alpha value is -1.84. The lowest BCUT2D eigenvalue weighted by molar-refractivity contribution is 0.222. The number of rotatable bonds is 5. The maximum Gasteiger partial charge on any atom is 0.123 e. The van der Waals surface area contributed by atoms with Gasteiger partial charge in [0, 0.05) is 30.2 Å². The van der Waals surface area contributed by atoms with Crippen LogP contribution in [0.2, 0.25) is 0 Å². The molecule has 4 rings (SSSR count). The molecule has 2 fully saturated rings. The summed E-state index contributed by atoms with van der Waals surface area (Å²) in [6.07, 6.45) is 2.59. The summed E-state index contributed by atoms with van der Waals surface area (Å²) >= 11 is 0. The molecule has 2 aromatic rings. The molecule has 0 amide bonds. The van der Waals surface area contributed by atoms with E-state index in [9.17, 15) is 0 Å². The SMILES string of the molecule is COc1ccc(C)cc1CNC1C2CC(C)C(C2)NC1c1ccccc1. The van der Waals surface area contributed by atoms with Crippen LogP contribution in [-0.4, -0.2) is 19.2 Å². The molecule has 0 radical (unpaired) electrons. The molecule has 1 saturated carbocycles. The standard InChI is InChI=1S/C23H30N2O/c1-15-9-10-21(26-3)19(11-15)14-24-22-18-12-16(2)20(13-18)25-23(22)17-7-5-4-6-8-17/h4-11,16,18,20,22-25H,12-14H2,1-3H3. The van der Waals surface area contributed by atoms with Crippen LogP contribution in [0.5, 0.6) is 5.75 Å². The molecule has 3 heteroatoms. The quantitative estimate of drug-likeness (QED) is 0.847. The van der Waals surface area contributed by atoms with Crippen molar-refractivity contribution in [3.8, 4) is 5.75 Å². The fourth-order valence-corrected chi connectivity index (χ4v) is 4.95. The molecule has 2 N–H and O–H groups in total. The van der Waals surface area contributed by atoms with Gasteiger partial charge in [-0.25, -0.2) is 0 Å². The van der Waals surface area contributed by atoms with E-state index in [0.717, 1.165) is 24.1 Å². The van der Waals surface area contributed by atoms with E-state index in [1.807, 2.05) is 0 Å². The number of nitrogens with one attached hydrogen (secondary N) is 2. The summed E-state index contributed by atoms with van der Waals surface area (Å²) in [7, 11) is 1.76.